The molecule has 88 valence electrons. The Labute approximate surface area is 96.2 Å². The van der Waals surface area contributed by atoms with Gasteiger partial charge < -0.3 is 9.88 Å². The lowest BCUT2D eigenvalue weighted by atomic mass is 10.2. The van der Waals surface area contributed by atoms with Crippen molar-refractivity contribution in [2.45, 2.75) is 13.3 Å². The Morgan fingerprint density at radius 1 is 1.38 bits per heavy atom. The lowest BCUT2D eigenvalue weighted by Crippen LogP contribution is -2.48. The zero-order valence-corrected chi connectivity index (χ0v) is 9.78. The molecule has 1 amide bonds. The quantitative estimate of drug-likeness (QED) is 0.832. The molecule has 1 aliphatic heterocycles. The van der Waals surface area contributed by atoms with Gasteiger partial charge in [-0.1, -0.05) is 6.92 Å². The number of amides is 1. The van der Waals surface area contributed by atoms with Gasteiger partial charge in [-0.15, -0.1) is 0 Å². The Hall–Kier alpha value is -1.29. The van der Waals surface area contributed by atoms with Crippen LogP contribution < -0.4 is 0 Å². The van der Waals surface area contributed by atoms with Crippen molar-refractivity contribution in [1.82, 2.24) is 14.8 Å². The van der Waals surface area contributed by atoms with E-state index in [2.05, 4.69) is 16.8 Å². The molecule has 0 saturated carbocycles. The van der Waals surface area contributed by atoms with Gasteiger partial charge >= 0.3 is 0 Å². The number of carbonyl (C=O) groups excluding carboxylic acids is 1. The van der Waals surface area contributed by atoms with Gasteiger partial charge in [0.05, 0.1) is 0 Å². The van der Waals surface area contributed by atoms with Crippen LogP contribution in [0, 0.1) is 0 Å². The fourth-order valence-electron chi connectivity index (χ4n) is 2.12. The molecule has 0 aliphatic carbocycles. The van der Waals surface area contributed by atoms with Crippen LogP contribution in [0.25, 0.3) is 0 Å². The molecule has 4 nitrogen and oxygen atoms in total. The second-order valence-electron chi connectivity index (χ2n) is 4.22. The van der Waals surface area contributed by atoms with E-state index >= 15 is 0 Å². The largest absolute Gasteiger partial charge is 0.357 e. The maximum atomic E-state index is 12.0. The molecule has 16 heavy (non-hydrogen) atoms. The van der Waals surface area contributed by atoms with E-state index in [-0.39, 0.29) is 5.91 Å². The molecule has 1 aromatic heterocycles. The maximum Gasteiger partial charge on any atom is 0.270 e. The monoisotopic (exact) mass is 221 g/mol. The van der Waals surface area contributed by atoms with Gasteiger partial charge in [-0.05, 0) is 25.1 Å². The summed E-state index contributed by atoms with van der Waals surface area (Å²) in [6.45, 7) is 7.03. The number of H-pyrrole nitrogens is 1. The number of nitrogens with zero attached hydrogens (tertiary/aromatic N) is 2. The molecule has 0 spiro atoms. The Balaban J connectivity index is 1.87. The summed E-state index contributed by atoms with van der Waals surface area (Å²) in [6.07, 6.45) is 2.98. The van der Waals surface area contributed by atoms with Crippen LogP contribution in [0.15, 0.2) is 18.3 Å². The number of piperazine rings is 1. The average molecular weight is 221 g/mol. The summed E-state index contributed by atoms with van der Waals surface area (Å²) < 4.78 is 0. The van der Waals surface area contributed by atoms with Crippen LogP contribution in [0.1, 0.15) is 23.8 Å². The van der Waals surface area contributed by atoms with E-state index in [1.165, 1.54) is 6.42 Å². The van der Waals surface area contributed by atoms with E-state index in [9.17, 15) is 4.79 Å². The van der Waals surface area contributed by atoms with Crippen molar-refractivity contribution in [2.75, 3.05) is 32.7 Å². The van der Waals surface area contributed by atoms with Crippen LogP contribution in [-0.4, -0.2) is 53.4 Å². The van der Waals surface area contributed by atoms with Crippen molar-refractivity contribution in [2.24, 2.45) is 0 Å². The van der Waals surface area contributed by atoms with Gasteiger partial charge in [0.1, 0.15) is 5.69 Å². The minimum atomic E-state index is 0.126. The highest BCUT2D eigenvalue weighted by atomic mass is 16.2. The lowest BCUT2D eigenvalue weighted by Gasteiger charge is -2.34. The van der Waals surface area contributed by atoms with E-state index in [0.29, 0.717) is 5.69 Å². The highest BCUT2D eigenvalue weighted by Crippen LogP contribution is 2.07. The summed E-state index contributed by atoms with van der Waals surface area (Å²) in [5.41, 5.74) is 0.698. The molecule has 0 aromatic carbocycles. The molecule has 1 aromatic rings. The highest BCUT2D eigenvalue weighted by Gasteiger charge is 2.21. The van der Waals surface area contributed by atoms with E-state index in [1.54, 1.807) is 6.20 Å². The number of nitrogens with one attached hydrogen (secondary N) is 1. The second kappa shape index (κ2) is 5.16. The molecule has 4 heteroatoms. The topological polar surface area (TPSA) is 39.3 Å². The number of aromatic nitrogens is 1. The van der Waals surface area contributed by atoms with Gasteiger partial charge in [-0.2, -0.15) is 0 Å². The minimum Gasteiger partial charge on any atom is -0.357 e. The molecule has 2 rings (SSSR count). The summed E-state index contributed by atoms with van der Waals surface area (Å²) in [4.78, 5) is 19.3. The average Bonchev–Trinajstić information content (AvgIpc) is 2.83. The van der Waals surface area contributed by atoms with Crippen LogP contribution >= 0.6 is 0 Å². The Morgan fingerprint density at radius 2 is 2.12 bits per heavy atom. The third kappa shape index (κ3) is 2.44. The number of hydrogen-bond donors (Lipinski definition) is 1. The van der Waals surface area contributed by atoms with Crippen LogP contribution in [-0.2, 0) is 0 Å². The Kier molecular flexibility index (Phi) is 3.62. The number of rotatable bonds is 3. The van der Waals surface area contributed by atoms with Crippen LogP contribution in [0.5, 0.6) is 0 Å². The van der Waals surface area contributed by atoms with E-state index in [1.807, 2.05) is 17.0 Å². The summed E-state index contributed by atoms with van der Waals surface area (Å²) in [7, 11) is 0. The summed E-state index contributed by atoms with van der Waals surface area (Å²) in [5, 5.41) is 0. The van der Waals surface area contributed by atoms with E-state index in [0.717, 1.165) is 32.7 Å². The summed E-state index contributed by atoms with van der Waals surface area (Å²) >= 11 is 0. The smallest absolute Gasteiger partial charge is 0.270 e. The van der Waals surface area contributed by atoms with E-state index in [4.69, 9.17) is 0 Å². The maximum absolute atomic E-state index is 12.0. The number of aromatic amines is 1. The summed E-state index contributed by atoms with van der Waals surface area (Å²) in [5.74, 6) is 0.126. The number of hydrogen-bond acceptors (Lipinski definition) is 2. The fraction of sp³-hybridized carbons (Fsp3) is 0.583. The van der Waals surface area contributed by atoms with Gasteiger partial charge in [0.2, 0.25) is 0 Å². The van der Waals surface area contributed by atoms with Crippen molar-refractivity contribution in [3.05, 3.63) is 24.0 Å². The molecule has 1 N–H and O–H groups in total. The third-order valence-corrected chi connectivity index (χ3v) is 3.03. The van der Waals surface area contributed by atoms with Crippen molar-refractivity contribution in [3.63, 3.8) is 0 Å². The van der Waals surface area contributed by atoms with Crippen molar-refractivity contribution < 1.29 is 4.79 Å². The summed E-state index contributed by atoms with van der Waals surface area (Å²) in [6, 6.07) is 3.70. The number of carbonyl (C=O) groups is 1. The Morgan fingerprint density at radius 3 is 2.69 bits per heavy atom. The Bertz CT molecular complexity index is 326. The molecule has 1 saturated heterocycles. The van der Waals surface area contributed by atoms with Crippen LogP contribution in [0.3, 0.4) is 0 Å². The molecule has 1 aliphatic rings. The molecule has 1 fully saturated rings. The van der Waals surface area contributed by atoms with Gasteiger partial charge in [-0.25, -0.2) is 0 Å². The van der Waals surface area contributed by atoms with Gasteiger partial charge in [0, 0.05) is 32.4 Å². The standard InChI is InChI=1S/C12H19N3O/c1-2-6-14-7-9-15(10-8-14)12(16)11-4-3-5-13-11/h3-5,13H,2,6-10H2,1H3. The predicted octanol–water partition coefficient (Wildman–Crippen LogP) is 1.18. The first-order chi connectivity index (χ1) is 7.81. The van der Waals surface area contributed by atoms with Crippen molar-refractivity contribution in [3.8, 4) is 0 Å². The zero-order valence-electron chi connectivity index (χ0n) is 9.78. The SMILES string of the molecule is CCCN1CCN(C(=O)c2ccc[nH]2)CC1. The minimum absolute atomic E-state index is 0.126. The molecule has 0 radical (unpaired) electrons. The first-order valence-corrected chi connectivity index (χ1v) is 5.96. The van der Waals surface area contributed by atoms with E-state index < -0.39 is 0 Å². The molecular formula is C12H19N3O. The van der Waals surface area contributed by atoms with Gasteiger partial charge in [0.15, 0.2) is 0 Å². The zero-order chi connectivity index (χ0) is 11.4. The van der Waals surface area contributed by atoms with Gasteiger partial charge in [-0.3, -0.25) is 9.69 Å². The first-order valence-electron chi connectivity index (χ1n) is 5.96. The van der Waals surface area contributed by atoms with Crippen LogP contribution in [0.2, 0.25) is 0 Å². The molecule has 0 atom stereocenters. The molecule has 0 bridgehead atoms. The van der Waals surface area contributed by atoms with Crippen molar-refractivity contribution >= 4 is 5.91 Å². The van der Waals surface area contributed by atoms with Gasteiger partial charge in [0.25, 0.3) is 5.91 Å². The highest BCUT2D eigenvalue weighted by molar-refractivity contribution is 5.92. The first kappa shape index (κ1) is 11.2. The third-order valence-electron chi connectivity index (χ3n) is 3.03. The fourth-order valence-corrected chi connectivity index (χ4v) is 2.12. The lowest BCUT2D eigenvalue weighted by molar-refractivity contribution is 0.0632. The predicted molar refractivity (Wildman–Crippen MR) is 63.4 cm³/mol. The molecule has 0 unspecified atom stereocenters. The second-order valence-corrected chi connectivity index (χ2v) is 4.22. The normalized spacial score (nSPS) is 17.7. The molecule has 2 heterocycles. The van der Waals surface area contributed by atoms with Crippen LogP contribution in [0.4, 0.5) is 0 Å². The van der Waals surface area contributed by atoms with Crippen molar-refractivity contribution in [1.29, 1.82) is 0 Å². The molecular weight excluding hydrogens is 202 g/mol.